The molecular formula is C11H11NO5. The van der Waals surface area contributed by atoms with E-state index >= 15 is 0 Å². The third-order valence-corrected chi connectivity index (χ3v) is 2.64. The number of rotatable bonds is 3. The lowest BCUT2D eigenvalue weighted by molar-refractivity contribution is -0.112. The molecule has 1 aliphatic heterocycles. The summed E-state index contributed by atoms with van der Waals surface area (Å²) >= 11 is 0. The summed E-state index contributed by atoms with van der Waals surface area (Å²) in [5, 5.41) is 30.0. The molecular weight excluding hydrogens is 226 g/mol. The lowest BCUT2D eigenvalue weighted by atomic mass is 10.0. The number of aliphatic hydroxyl groups excluding tert-OH is 3. The van der Waals surface area contributed by atoms with Crippen molar-refractivity contribution in [2.45, 2.75) is 12.2 Å². The second-order valence-electron chi connectivity index (χ2n) is 3.78. The zero-order valence-electron chi connectivity index (χ0n) is 8.75. The SMILES string of the molecule is O=C1Nc2ccc(C(O)C(O)CO)cc2C1=O. The number of ketones is 1. The van der Waals surface area contributed by atoms with Gasteiger partial charge in [-0.05, 0) is 17.7 Å². The van der Waals surface area contributed by atoms with Crippen molar-refractivity contribution >= 4 is 17.4 Å². The van der Waals surface area contributed by atoms with Crippen LogP contribution in [0.3, 0.4) is 0 Å². The van der Waals surface area contributed by atoms with E-state index in [1.54, 1.807) is 0 Å². The van der Waals surface area contributed by atoms with Gasteiger partial charge in [-0.15, -0.1) is 0 Å². The molecule has 1 aliphatic rings. The van der Waals surface area contributed by atoms with Gasteiger partial charge in [0.1, 0.15) is 12.2 Å². The molecule has 90 valence electrons. The Morgan fingerprint density at radius 3 is 2.59 bits per heavy atom. The zero-order valence-corrected chi connectivity index (χ0v) is 8.75. The summed E-state index contributed by atoms with van der Waals surface area (Å²) in [6.45, 7) is -0.594. The van der Waals surface area contributed by atoms with Crippen molar-refractivity contribution in [3.05, 3.63) is 29.3 Å². The van der Waals surface area contributed by atoms with E-state index in [2.05, 4.69) is 5.32 Å². The minimum absolute atomic E-state index is 0.164. The number of fused-ring (bicyclic) bond motifs is 1. The Bertz CT molecular complexity index is 485. The summed E-state index contributed by atoms with van der Waals surface area (Å²) in [5.41, 5.74) is 0.821. The third kappa shape index (κ3) is 1.93. The van der Waals surface area contributed by atoms with Gasteiger partial charge in [-0.3, -0.25) is 9.59 Å². The van der Waals surface area contributed by atoms with Gasteiger partial charge in [0.2, 0.25) is 0 Å². The normalized spacial score (nSPS) is 17.6. The minimum atomic E-state index is -1.33. The Balaban J connectivity index is 2.35. The summed E-state index contributed by atoms with van der Waals surface area (Å²) < 4.78 is 0. The predicted molar refractivity (Wildman–Crippen MR) is 57.5 cm³/mol. The standard InChI is InChI=1S/C11H11NO5/c13-4-8(14)9(15)5-1-2-7-6(3-5)10(16)11(17)12-7/h1-3,8-9,13-15H,4H2,(H,12,16,17). The first-order chi connectivity index (χ1) is 8.04. The highest BCUT2D eigenvalue weighted by Crippen LogP contribution is 2.27. The van der Waals surface area contributed by atoms with E-state index < -0.39 is 30.5 Å². The molecule has 1 aromatic carbocycles. The highest BCUT2D eigenvalue weighted by atomic mass is 16.4. The van der Waals surface area contributed by atoms with Crippen molar-refractivity contribution < 1.29 is 24.9 Å². The van der Waals surface area contributed by atoms with Gasteiger partial charge in [0.05, 0.1) is 17.9 Å². The number of Topliss-reactive ketones (excluding diaryl/α,β-unsaturated/α-hetero) is 1. The van der Waals surface area contributed by atoms with Crippen LogP contribution in [0.25, 0.3) is 0 Å². The van der Waals surface area contributed by atoms with Gasteiger partial charge in [-0.25, -0.2) is 0 Å². The van der Waals surface area contributed by atoms with E-state index in [1.165, 1.54) is 18.2 Å². The molecule has 0 saturated heterocycles. The van der Waals surface area contributed by atoms with E-state index in [-0.39, 0.29) is 11.1 Å². The molecule has 4 N–H and O–H groups in total. The van der Waals surface area contributed by atoms with Crippen LogP contribution in [-0.4, -0.2) is 39.7 Å². The van der Waals surface area contributed by atoms with Crippen LogP contribution in [0.2, 0.25) is 0 Å². The quantitative estimate of drug-likeness (QED) is 0.515. The molecule has 6 heteroatoms. The lowest BCUT2D eigenvalue weighted by Crippen LogP contribution is -2.22. The van der Waals surface area contributed by atoms with Gasteiger partial charge in [0.15, 0.2) is 0 Å². The van der Waals surface area contributed by atoms with Gasteiger partial charge in [0.25, 0.3) is 11.7 Å². The topological polar surface area (TPSA) is 107 Å². The molecule has 0 aromatic heterocycles. The smallest absolute Gasteiger partial charge is 0.296 e. The summed E-state index contributed by atoms with van der Waals surface area (Å²) in [4.78, 5) is 22.5. The average Bonchev–Trinajstić information content (AvgIpc) is 2.63. The van der Waals surface area contributed by atoms with Gasteiger partial charge in [-0.2, -0.15) is 0 Å². The highest BCUT2D eigenvalue weighted by Gasteiger charge is 2.29. The fraction of sp³-hybridized carbons (Fsp3) is 0.273. The van der Waals surface area contributed by atoms with Gasteiger partial charge >= 0.3 is 0 Å². The van der Waals surface area contributed by atoms with E-state index in [1.807, 2.05) is 0 Å². The number of amides is 1. The number of carbonyl (C=O) groups is 2. The first-order valence-corrected chi connectivity index (χ1v) is 5.01. The number of hydrogen-bond acceptors (Lipinski definition) is 5. The molecule has 0 bridgehead atoms. The third-order valence-electron chi connectivity index (χ3n) is 2.64. The van der Waals surface area contributed by atoms with Crippen LogP contribution < -0.4 is 5.32 Å². The maximum Gasteiger partial charge on any atom is 0.296 e. The van der Waals surface area contributed by atoms with Crippen molar-refractivity contribution in [3.8, 4) is 0 Å². The number of aliphatic hydroxyl groups is 3. The Labute approximate surface area is 96.5 Å². The van der Waals surface area contributed by atoms with Crippen molar-refractivity contribution in [2.24, 2.45) is 0 Å². The van der Waals surface area contributed by atoms with E-state index in [0.717, 1.165) is 0 Å². The highest BCUT2D eigenvalue weighted by molar-refractivity contribution is 6.51. The summed E-state index contributed by atoms with van der Waals surface area (Å²) in [5.74, 6) is -1.39. The van der Waals surface area contributed by atoms with E-state index in [9.17, 15) is 19.8 Å². The fourth-order valence-electron chi connectivity index (χ4n) is 1.67. The Kier molecular flexibility index (Phi) is 2.93. The number of nitrogens with one attached hydrogen (secondary N) is 1. The minimum Gasteiger partial charge on any atom is -0.394 e. The van der Waals surface area contributed by atoms with Crippen molar-refractivity contribution in [3.63, 3.8) is 0 Å². The second kappa shape index (κ2) is 4.25. The lowest BCUT2D eigenvalue weighted by Gasteiger charge is -2.16. The molecule has 0 fully saturated rings. The van der Waals surface area contributed by atoms with Gasteiger partial charge in [-0.1, -0.05) is 6.07 Å². The molecule has 0 aliphatic carbocycles. The molecule has 1 heterocycles. The maximum atomic E-state index is 11.4. The predicted octanol–water partition coefficient (Wildman–Crippen LogP) is -0.792. The van der Waals surface area contributed by atoms with Crippen LogP contribution in [0.4, 0.5) is 5.69 Å². The monoisotopic (exact) mass is 237 g/mol. The van der Waals surface area contributed by atoms with Crippen molar-refractivity contribution in [1.29, 1.82) is 0 Å². The molecule has 1 aromatic rings. The van der Waals surface area contributed by atoms with Crippen molar-refractivity contribution in [2.75, 3.05) is 11.9 Å². The Hall–Kier alpha value is -1.76. The molecule has 6 nitrogen and oxygen atoms in total. The molecule has 0 spiro atoms. The molecule has 0 saturated carbocycles. The van der Waals surface area contributed by atoms with Crippen LogP contribution in [0.5, 0.6) is 0 Å². The van der Waals surface area contributed by atoms with Crippen LogP contribution in [0.1, 0.15) is 22.0 Å². The number of benzene rings is 1. The average molecular weight is 237 g/mol. The summed E-state index contributed by atoms with van der Waals surface area (Å²) in [7, 11) is 0. The molecule has 2 unspecified atom stereocenters. The Morgan fingerprint density at radius 2 is 1.94 bits per heavy atom. The number of anilines is 1. The van der Waals surface area contributed by atoms with Crippen LogP contribution in [0, 0.1) is 0 Å². The number of hydrogen-bond donors (Lipinski definition) is 4. The Morgan fingerprint density at radius 1 is 1.24 bits per heavy atom. The maximum absolute atomic E-state index is 11.4. The fourth-order valence-corrected chi connectivity index (χ4v) is 1.67. The molecule has 2 atom stereocenters. The number of carbonyl (C=O) groups excluding carboxylic acids is 2. The van der Waals surface area contributed by atoms with Gasteiger partial charge in [0, 0.05) is 0 Å². The van der Waals surface area contributed by atoms with Crippen LogP contribution in [0.15, 0.2) is 18.2 Å². The van der Waals surface area contributed by atoms with E-state index in [0.29, 0.717) is 5.69 Å². The molecule has 17 heavy (non-hydrogen) atoms. The van der Waals surface area contributed by atoms with Crippen molar-refractivity contribution in [1.82, 2.24) is 0 Å². The van der Waals surface area contributed by atoms with Crippen LogP contribution >= 0.6 is 0 Å². The largest absolute Gasteiger partial charge is 0.394 e. The molecule has 0 radical (unpaired) electrons. The second-order valence-corrected chi connectivity index (χ2v) is 3.78. The zero-order chi connectivity index (χ0) is 12.6. The summed E-state index contributed by atoms with van der Waals surface area (Å²) in [6, 6.07) is 4.28. The molecule has 2 rings (SSSR count). The van der Waals surface area contributed by atoms with E-state index in [4.69, 9.17) is 5.11 Å². The first kappa shape index (κ1) is 11.7. The van der Waals surface area contributed by atoms with Crippen LogP contribution in [-0.2, 0) is 4.79 Å². The summed E-state index contributed by atoms with van der Waals surface area (Å²) in [6.07, 6.45) is -2.62. The van der Waals surface area contributed by atoms with Gasteiger partial charge < -0.3 is 20.6 Å². The first-order valence-electron chi connectivity index (χ1n) is 5.01. The molecule has 1 amide bonds.